The van der Waals surface area contributed by atoms with Crippen molar-refractivity contribution in [1.29, 1.82) is 5.26 Å². The summed E-state index contributed by atoms with van der Waals surface area (Å²) in [5.74, 6) is 0.384. The third-order valence-corrected chi connectivity index (χ3v) is 4.85. The molecule has 20 heavy (non-hydrogen) atoms. The second kappa shape index (κ2) is 4.92. The molecule has 0 aliphatic carbocycles. The summed E-state index contributed by atoms with van der Waals surface area (Å²) in [7, 11) is 1.88. The second-order valence-electron chi connectivity index (χ2n) is 5.84. The van der Waals surface area contributed by atoms with Gasteiger partial charge in [-0.2, -0.15) is 5.26 Å². The van der Waals surface area contributed by atoms with Gasteiger partial charge in [-0.15, -0.1) is 0 Å². The number of nitrogens with zero attached hydrogens (tertiary/aromatic N) is 2. The summed E-state index contributed by atoms with van der Waals surface area (Å²) >= 11 is 0. The quantitative estimate of drug-likeness (QED) is 0.840. The Hall–Kier alpha value is -1.86. The van der Waals surface area contributed by atoms with Crippen LogP contribution in [0.2, 0.25) is 0 Å². The molecule has 1 amide bonds. The molecule has 0 saturated carbocycles. The van der Waals surface area contributed by atoms with Crippen LogP contribution in [-0.2, 0) is 4.79 Å². The van der Waals surface area contributed by atoms with Gasteiger partial charge in [0.25, 0.3) is 0 Å². The molecule has 1 aromatic rings. The number of likely N-dealkylation sites (N-methyl/N-ethyl adjacent to an activating group) is 1. The number of hydrogen-bond acceptors (Lipinski definition) is 3. The van der Waals surface area contributed by atoms with Crippen molar-refractivity contribution in [3.63, 3.8) is 0 Å². The highest BCUT2D eigenvalue weighted by molar-refractivity contribution is 5.86. The molecule has 2 fully saturated rings. The molecular weight excluding hydrogens is 250 g/mol. The molecule has 1 unspecified atom stereocenters. The zero-order chi connectivity index (χ0) is 14.2. The Labute approximate surface area is 119 Å². The first-order chi connectivity index (χ1) is 9.69. The van der Waals surface area contributed by atoms with Crippen LogP contribution in [0.15, 0.2) is 24.3 Å². The monoisotopic (exact) mass is 269 g/mol. The van der Waals surface area contributed by atoms with E-state index < -0.39 is 0 Å². The topological polar surface area (TPSA) is 56.1 Å². The zero-order valence-corrected chi connectivity index (χ0v) is 11.7. The predicted molar refractivity (Wildman–Crippen MR) is 76.1 cm³/mol. The Kier molecular flexibility index (Phi) is 3.23. The summed E-state index contributed by atoms with van der Waals surface area (Å²) in [5.41, 5.74) is 1.43. The summed E-state index contributed by atoms with van der Waals surface area (Å²) in [6.45, 7) is 2.48. The van der Waals surface area contributed by atoms with E-state index in [-0.39, 0.29) is 17.2 Å². The first-order valence-electron chi connectivity index (χ1n) is 7.14. The van der Waals surface area contributed by atoms with E-state index >= 15 is 0 Å². The number of carbonyl (C=O) groups is 1. The van der Waals surface area contributed by atoms with E-state index in [4.69, 9.17) is 0 Å². The van der Waals surface area contributed by atoms with Crippen molar-refractivity contribution in [2.75, 3.05) is 26.7 Å². The van der Waals surface area contributed by atoms with Crippen molar-refractivity contribution < 1.29 is 4.79 Å². The largest absolute Gasteiger partial charge is 0.345 e. The van der Waals surface area contributed by atoms with Crippen molar-refractivity contribution in [3.05, 3.63) is 35.4 Å². The van der Waals surface area contributed by atoms with E-state index in [1.165, 1.54) is 0 Å². The molecule has 1 atom stereocenters. The van der Waals surface area contributed by atoms with E-state index in [1.54, 1.807) is 0 Å². The minimum atomic E-state index is -0.313. The fourth-order valence-corrected chi connectivity index (χ4v) is 3.79. The first-order valence-corrected chi connectivity index (χ1v) is 7.14. The van der Waals surface area contributed by atoms with Gasteiger partial charge in [-0.1, -0.05) is 18.2 Å². The highest BCUT2D eigenvalue weighted by Crippen LogP contribution is 2.49. The van der Waals surface area contributed by atoms with Crippen LogP contribution in [0.3, 0.4) is 0 Å². The third-order valence-electron chi connectivity index (χ3n) is 4.85. The number of piperidine rings is 1. The average molecular weight is 269 g/mol. The van der Waals surface area contributed by atoms with E-state index in [2.05, 4.69) is 11.4 Å². The van der Waals surface area contributed by atoms with Gasteiger partial charge < -0.3 is 10.2 Å². The van der Waals surface area contributed by atoms with Crippen LogP contribution >= 0.6 is 0 Å². The molecule has 0 aromatic heterocycles. The molecule has 1 aromatic carbocycles. The van der Waals surface area contributed by atoms with E-state index in [0.717, 1.165) is 38.0 Å². The molecule has 0 bridgehead atoms. The molecule has 2 aliphatic heterocycles. The summed E-state index contributed by atoms with van der Waals surface area (Å²) in [6, 6.07) is 10.00. The van der Waals surface area contributed by atoms with Gasteiger partial charge in [0.2, 0.25) is 5.91 Å². The molecular formula is C16H19N3O. The molecule has 2 aliphatic rings. The highest BCUT2D eigenvalue weighted by Gasteiger charge is 2.53. The van der Waals surface area contributed by atoms with Crippen molar-refractivity contribution in [3.8, 4) is 6.07 Å². The molecule has 4 heteroatoms. The van der Waals surface area contributed by atoms with Gasteiger partial charge >= 0.3 is 0 Å². The van der Waals surface area contributed by atoms with Crippen molar-refractivity contribution in [2.45, 2.75) is 18.8 Å². The van der Waals surface area contributed by atoms with E-state index in [1.807, 2.05) is 36.2 Å². The van der Waals surface area contributed by atoms with Gasteiger partial charge in [0.15, 0.2) is 0 Å². The van der Waals surface area contributed by atoms with Crippen LogP contribution in [0.5, 0.6) is 0 Å². The van der Waals surface area contributed by atoms with Gasteiger partial charge in [-0.25, -0.2) is 0 Å². The van der Waals surface area contributed by atoms with Gasteiger partial charge in [-0.05, 0) is 37.6 Å². The Morgan fingerprint density at radius 3 is 2.75 bits per heavy atom. The SMILES string of the molecule is CN1CC(c2ccccc2C#N)C2(CCNCC2)C1=O. The van der Waals surface area contributed by atoms with Crippen LogP contribution in [0.1, 0.15) is 29.9 Å². The molecule has 3 rings (SSSR count). The lowest BCUT2D eigenvalue weighted by Crippen LogP contribution is -2.44. The van der Waals surface area contributed by atoms with Crippen LogP contribution in [0.4, 0.5) is 0 Å². The minimum absolute atomic E-state index is 0.137. The maximum atomic E-state index is 12.7. The van der Waals surface area contributed by atoms with Crippen LogP contribution < -0.4 is 5.32 Å². The fraction of sp³-hybridized carbons (Fsp3) is 0.500. The number of nitrogens with one attached hydrogen (secondary N) is 1. The Balaban J connectivity index is 2.07. The molecule has 4 nitrogen and oxygen atoms in total. The minimum Gasteiger partial charge on any atom is -0.345 e. The lowest BCUT2D eigenvalue weighted by atomic mass is 9.67. The molecule has 2 heterocycles. The number of nitriles is 1. The number of carbonyl (C=O) groups excluding carboxylic acids is 1. The lowest BCUT2D eigenvalue weighted by molar-refractivity contribution is -0.136. The first kappa shape index (κ1) is 13.1. The summed E-state index contributed by atoms with van der Waals surface area (Å²) in [4.78, 5) is 14.5. The van der Waals surface area contributed by atoms with Gasteiger partial charge in [0.05, 0.1) is 17.0 Å². The highest BCUT2D eigenvalue weighted by atomic mass is 16.2. The Bertz CT molecular complexity index is 569. The predicted octanol–water partition coefficient (Wildman–Crippen LogP) is 1.48. The smallest absolute Gasteiger partial charge is 0.229 e. The number of hydrogen-bond donors (Lipinski definition) is 1. The molecule has 1 N–H and O–H groups in total. The Morgan fingerprint density at radius 1 is 1.35 bits per heavy atom. The Morgan fingerprint density at radius 2 is 2.05 bits per heavy atom. The normalized spacial score (nSPS) is 24.9. The third kappa shape index (κ3) is 1.82. The van der Waals surface area contributed by atoms with E-state index in [9.17, 15) is 10.1 Å². The standard InChI is InChI=1S/C16H19N3O/c1-19-11-14(13-5-3-2-4-12(13)10-17)16(15(19)20)6-8-18-9-7-16/h2-5,14,18H,6-9,11H2,1H3. The summed E-state index contributed by atoms with van der Waals surface area (Å²) in [5, 5.41) is 12.7. The van der Waals surface area contributed by atoms with Gasteiger partial charge in [0.1, 0.15) is 0 Å². The maximum absolute atomic E-state index is 12.7. The van der Waals surface area contributed by atoms with Crippen LogP contribution in [-0.4, -0.2) is 37.5 Å². The molecule has 0 radical (unpaired) electrons. The van der Waals surface area contributed by atoms with Crippen molar-refractivity contribution in [1.82, 2.24) is 10.2 Å². The second-order valence-corrected chi connectivity index (χ2v) is 5.84. The number of likely N-dealkylation sites (tertiary alicyclic amines) is 1. The van der Waals surface area contributed by atoms with Gasteiger partial charge in [0, 0.05) is 19.5 Å². The molecule has 1 spiro atoms. The zero-order valence-electron chi connectivity index (χ0n) is 11.7. The summed E-state index contributed by atoms with van der Waals surface area (Å²) < 4.78 is 0. The molecule has 2 saturated heterocycles. The maximum Gasteiger partial charge on any atom is 0.229 e. The lowest BCUT2D eigenvalue weighted by Gasteiger charge is -2.37. The average Bonchev–Trinajstić information content (AvgIpc) is 2.73. The molecule has 104 valence electrons. The van der Waals surface area contributed by atoms with Crippen LogP contribution in [0, 0.1) is 16.7 Å². The fourth-order valence-electron chi connectivity index (χ4n) is 3.79. The number of rotatable bonds is 1. The van der Waals surface area contributed by atoms with Crippen LogP contribution in [0.25, 0.3) is 0 Å². The van der Waals surface area contributed by atoms with E-state index in [0.29, 0.717) is 5.56 Å². The van der Waals surface area contributed by atoms with Gasteiger partial charge in [-0.3, -0.25) is 4.79 Å². The number of benzene rings is 1. The number of amides is 1. The van der Waals surface area contributed by atoms with Crippen molar-refractivity contribution >= 4 is 5.91 Å². The summed E-state index contributed by atoms with van der Waals surface area (Å²) in [6.07, 6.45) is 1.72. The van der Waals surface area contributed by atoms with Crippen molar-refractivity contribution in [2.24, 2.45) is 5.41 Å².